The molecule has 0 spiro atoms. The predicted octanol–water partition coefficient (Wildman–Crippen LogP) is 1.12. The maximum atomic E-state index is 12.6. The van der Waals surface area contributed by atoms with Crippen LogP contribution in [0.4, 0.5) is 5.69 Å². The van der Waals surface area contributed by atoms with E-state index in [4.69, 9.17) is 15.2 Å². The van der Waals surface area contributed by atoms with Gasteiger partial charge in [-0.2, -0.15) is 0 Å². The summed E-state index contributed by atoms with van der Waals surface area (Å²) in [6.45, 7) is 6.79. The first kappa shape index (κ1) is 21.0. The quantitative estimate of drug-likeness (QED) is 0.667. The van der Waals surface area contributed by atoms with Gasteiger partial charge in [0.25, 0.3) is 0 Å². The van der Waals surface area contributed by atoms with Crippen molar-refractivity contribution in [1.29, 1.82) is 0 Å². The molecule has 0 aromatic carbocycles. The smallest absolute Gasteiger partial charge is 0.223 e. The summed E-state index contributed by atoms with van der Waals surface area (Å²) >= 11 is 0. The van der Waals surface area contributed by atoms with Crippen molar-refractivity contribution >= 4 is 17.5 Å². The molecule has 1 fully saturated rings. The largest absolute Gasteiger partial charge is 0.481 e. The third-order valence-electron chi connectivity index (χ3n) is 4.98. The van der Waals surface area contributed by atoms with E-state index < -0.39 is 11.8 Å². The Morgan fingerprint density at radius 2 is 2.04 bits per heavy atom. The zero-order valence-electron chi connectivity index (χ0n) is 16.3. The highest BCUT2D eigenvalue weighted by Crippen LogP contribution is 2.26. The number of amides is 2. The molecule has 1 aliphatic heterocycles. The van der Waals surface area contributed by atoms with Crippen LogP contribution in [0.25, 0.3) is 0 Å². The molecule has 0 saturated carbocycles. The zero-order valence-corrected chi connectivity index (χ0v) is 16.3. The average Bonchev–Trinajstić information content (AvgIpc) is 2.67. The van der Waals surface area contributed by atoms with Crippen LogP contribution in [0.5, 0.6) is 5.88 Å². The van der Waals surface area contributed by atoms with E-state index >= 15 is 0 Å². The molecule has 150 valence electrons. The molecular formula is C19H30N4O4. The summed E-state index contributed by atoms with van der Waals surface area (Å²) < 4.78 is 10.3. The number of nitrogens with one attached hydrogen (secondary N) is 1. The number of aromatic nitrogens is 1. The minimum atomic E-state index is -0.529. The number of hydrogen-bond donors (Lipinski definition) is 2. The minimum absolute atomic E-state index is 0.0427. The van der Waals surface area contributed by atoms with E-state index in [1.54, 1.807) is 24.3 Å². The van der Waals surface area contributed by atoms with Crippen LogP contribution >= 0.6 is 0 Å². The monoisotopic (exact) mass is 378 g/mol. The fraction of sp³-hybridized carbons (Fsp3) is 0.632. The SMILES string of the molecule is COc1ccc(NC[C@@H](C(C)C)C(CC(=O)N2CCOCC2)C(N)=O)cn1. The van der Waals surface area contributed by atoms with Crippen LogP contribution in [0, 0.1) is 17.8 Å². The van der Waals surface area contributed by atoms with E-state index in [2.05, 4.69) is 10.3 Å². The Kier molecular flexibility index (Phi) is 7.84. The molecule has 8 nitrogen and oxygen atoms in total. The van der Waals surface area contributed by atoms with Crippen molar-refractivity contribution in [3.63, 3.8) is 0 Å². The Morgan fingerprint density at radius 1 is 1.33 bits per heavy atom. The fourth-order valence-electron chi connectivity index (χ4n) is 3.28. The number of morpholine rings is 1. The van der Waals surface area contributed by atoms with Crippen molar-refractivity contribution in [2.45, 2.75) is 20.3 Å². The lowest BCUT2D eigenvalue weighted by molar-refractivity contribution is -0.140. The summed E-state index contributed by atoms with van der Waals surface area (Å²) in [5.74, 6) is -0.372. The Hall–Kier alpha value is -2.35. The van der Waals surface area contributed by atoms with Crippen LogP contribution in [0.15, 0.2) is 18.3 Å². The molecule has 8 heteroatoms. The second kappa shape index (κ2) is 10.1. The van der Waals surface area contributed by atoms with Crippen molar-refractivity contribution in [3.05, 3.63) is 18.3 Å². The van der Waals surface area contributed by atoms with Gasteiger partial charge in [0, 0.05) is 32.1 Å². The molecule has 1 aromatic heterocycles. The van der Waals surface area contributed by atoms with Gasteiger partial charge in [0.1, 0.15) is 0 Å². The number of ether oxygens (including phenoxy) is 2. The summed E-state index contributed by atoms with van der Waals surface area (Å²) in [6.07, 6.45) is 1.80. The van der Waals surface area contributed by atoms with Crippen molar-refractivity contribution < 1.29 is 19.1 Å². The fourth-order valence-corrected chi connectivity index (χ4v) is 3.28. The first-order valence-electron chi connectivity index (χ1n) is 9.31. The normalized spacial score (nSPS) is 16.7. The molecule has 3 N–H and O–H groups in total. The van der Waals surface area contributed by atoms with Gasteiger partial charge in [0.05, 0.1) is 38.1 Å². The Labute approximate surface area is 160 Å². The summed E-state index contributed by atoms with van der Waals surface area (Å²) in [4.78, 5) is 30.6. The number of primary amides is 1. The lowest BCUT2D eigenvalue weighted by Crippen LogP contribution is -2.44. The summed E-state index contributed by atoms with van der Waals surface area (Å²) in [7, 11) is 1.56. The maximum Gasteiger partial charge on any atom is 0.223 e. The van der Waals surface area contributed by atoms with Crippen molar-refractivity contribution in [2.24, 2.45) is 23.5 Å². The standard InChI is InChI=1S/C19H30N4O4/c1-13(2)16(12-21-14-4-5-17(26-3)22-11-14)15(19(20)25)10-18(24)23-6-8-27-9-7-23/h4-5,11,13,15-16,21H,6-10,12H2,1-3H3,(H2,20,25)/t15?,16-/m0/s1. The van der Waals surface area contributed by atoms with Gasteiger partial charge in [-0.05, 0) is 17.9 Å². The first-order chi connectivity index (χ1) is 12.9. The highest BCUT2D eigenvalue weighted by Gasteiger charge is 2.32. The molecule has 2 rings (SSSR count). The average molecular weight is 378 g/mol. The second-order valence-corrected chi connectivity index (χ2v) is 7.08. The van der Waals surface area contributed by atoms with Crippen molar-refractivity contribution in [2.75, 3.05) is 45.3 Å². The maximum absolute atomic E-state index is 12.6. The van der Waals surface area contributed by atoms with Crippen LogP contribution in [0.2, 0.25) is 0 Å². The topological polar surface area (TPSA) is 107 Å². The van der Waals surface area contributed by atoms with Crippen molar-refractivity contribution in [1.82, 2.24) is 9.88 Å². The van der Waals surface area contributed by atoms with E-state index in [0.29, 0.717) is 38.7 Å². The molecule has 1 unspecified atom stereocenters. The number of pyridine rings is 1. The lowest BCUT2D eigenvalue weighted by Gasteiger charge is -2.32. The highest BCUT2D eigenvalue weighted by molar-refractivity contribution is 5.85. The summed E-state index contributed by atoms with van der Waals surface area (Å²) in [6, 6.07) is 3.63. The molecule has 0 aliphatic carbocycles. The van der Waals surface area contributed by atoms with E-state index in [0.717, 1.165) is 5.69 Å². The predicted molar refractivity (Wildman–Crippen MR) is 102 cm³/mol. The molecule has 1 saturated heterocycles. The van der Waals surface area contributed by atoms with Crippen LogP contribution in [-0.4, -0.2) is 61.7 Å². The number of methoxy groups -OCH3 is 1. The second-order valence-electron chi connectivity index (χ2n) is 7.08. The van der Waals surface area contributed by atoms with Gasteiger partial charge in [0.15, 0.2) is 0 Å². The van der Waals surface area contributed by atoms with Crippen LogP contribution < -0.4 is 15.8 Å². The van der Waals surface area contributed by atoms with Crippen LogP contribution in [0.1, 0.15) is 20.3 Å². The third-order valence-corrected chi connectivity index (χ3v) is 4.98. The number of carbonyl (C=O) groups excluding carboxylic acids is 2. The zero-order chi connectivity index (χ0) is 19.8. The number of anilines is 1. The van der Waals surface area contributed by atoms with Crippen LogP contribution in [0.3, 0.4) is 0 Å². The molecule has 0 radical (unpaired) electrons. The van der Waals surface area contributed by atoms with Gasteiger partial charge < -0.3 is 25.4 Å². The van der Waals surface area contributed by atoms with Crippen molar-refractivity contribution in [3.8, 4) is 5.88 Å². The molecule has 2 amide bonds. The third kappa shape index (κ3) is 6.09. The Bertz CT molecular complexity index is 615. The molecule has 0 bridgehead atoms. The summed E-state index contributed by atoms with van der Waals surface area (Å²) in [5.41, 5.74) is 6.49. The van der Waals surface area contributed by atoms with Gasteiger partial charge in [-0.1, -0.05) is 13.8 Å². The van der Waals surface area contributed by atoms with E-state index in [-0.39, 0.29) is 24.2 Å². The van der Waals surface area contributed by atoms with Gasteiger partial charge in [-0.3, -0.25) is 9.59 Å². The molecule has 2 heterocycles. The highest BCUT2D eigenvalue weighted by atomic mass is 16.5. The minimum Gasteiger partial charge on any atom is -0.481 e. The van der Waals surface area contributed by atoms with Gasteiger partial charge >= 0.3 is 0 Å². The Balaban J connectivity index is 2.02. The number of nitrogens with two attached hydrogens (primary N) is 1. The molecule has 1 aliphatic rings. The molecule has 2 atom stereocenters. The van der Waals surface area contributed by atoms with Gasteiger partial charge in [-0.15, -0.1) is 0 Å². The van der Waals surface area contributed by atoms with E-state index in [1.807, 2.05) is 19.9 Å². The lowest BCUT2D eigenvalue weighted by atomic mass is 9.80. The number of nitrogens with zero attached hydrogens (tertiary/aromatic N) is 2. The van der Waals surface area contributed by atoms with E-state index in [9.17, 15) is 9.59 Å². The van der Waals surface area contributed by atoms with Gasteiger partial charge in [-0.25, -0.2) is 4.98 Å². The summed E-state index contributed by atoms with van der Waals surface area (Å²) in [5, 5.41) is 3.29. The molecule has 1 aromatic rings. The van der Waals surface area contributed by atoms with Gasteiger partial charge in [0.2, 0.25) is 17.7 Å². The number of rotatable bonds is 9. The first-order valence-corrected chi connectivity index (χ1v) is 9.31. The number of hydrogen-bond acceptors (Lipinski definition) is 6. The molecular weight excluding hydrogens is 348 g/mol. The van der Waals surface area contributed by atoms with Crippen LogP contribution in [-0.2, 0) is 14.3 Å². The van der Waals surface area contributed by atoms with E-state index in [1.165, 1.54) is 0 Å². The molecule has 27 heavy (non-hydrogen) atoms. The Morgan fingerprint density at radius 3 is 2.56 bits per heavy atom. The number of carbonyl (C=O) groups is 2.